The molecule has 2 aromatic heterocycles. The lowest BCUT2D eigenvalue weighted by atomic mass is 9.62. The third kappa shape index (κ3) is 4.13. The Kier molecular flexibility index (Phi) is 6.40. The molecule has 8 aromatic rings. The molecule has 228 valence electrons. The van der Waals surface area contributed by atoms with Crippen molar-refractivity contribution in [3.05, 3.63) is 197 Å². The van der Waals surface area contributed by atoms with Crippen molar-refractivity contribution in [3.63, 3.8) is 0 Å². The van der Waals surface area contributed by atoms with Gasteiger partial charge in [-0.25, -0.2) is 4.98 Å². The van der Waals surface area contributed by atoms with Gasteiger partial charge in [0.25, 0.3) is 0 Å². The molecule has 0 saturated heterocycles. The average molecular weight is 626 g/mol. The van der Waals surface area contributed by atoms with Crippen LogP contribution in [0.4, 0.5) is 17.2 Å². The molecule has 49 heavy (non-hydrogen) atoms. The van der Waals surface area contributed by atoms with Crippen molar-refractivity contribution < 1.29 is 0 Å². The van der Waals surface area contributed by atoms with Crippen LogP contribution in [0.1, 0.15) is 33.4 Å². The highest BCUT2D eigenvalue weighted by atomic mass is 15.2. The van der Waals surface area contributed by atoms with E-state index in [1.54, 1.807) is 0 Å². The van der Waals surface area contributed by atoms with Crippen LogP contribution in [0.3, 0.4) is 0 Å². The van der Waals surface area contributed by atoms with Gasteiger partial charge < -0.3 is 0 Å². The summed E-state index contributed by atoms with van der Waals surface area (Å²) < 4.78 is 2.18. The second-order valence-corrected chi connectivity index (χ2v) is 12.2. The highest BCUT2D eigenvalue weighted by Gasteiger charge is 2.46. The van der Waals surface area contributed by atoms with E-state index >= 15 is 0 Å². The van der Waals surface area contributed by atoms with E-state index < -0.39 is 5.41 Å². The van der Waals surface area contributed by atoms with Gasteiger partial charge in [-0.15, -0.1) is 0 Å². The van der Waals surface area contributed by atoms with E-state index in [1.165, 1.54) is 0 Å². The molecule has 0 aliphatic carbocycles. The second kappa shape index (κ2) is 11.1. The zero-order valence-corrected chi connectivity index (χ0v) is 26.3. The highest BCUT2D eigenvalue weighted by molar-refractivity contribution is 6.09. The molecular formula is C44H27N5. The first-order chi connectivity index (χ1) is 24.2. The molecule has 0 atom stereocenters. The molecule has 0 unspecified atom stereocenters. The Labute approximate surface area is 283 Å². The molecule has 0 bridgehead atoms. The summed E-state index contributed by atoms with van der Waals surface area (Å²) in [5.41, 5.74) is 9.15. The number of nitrogens with zero attached hydrogens (tertiary/aromatic N) is 5. The number of aromatic nitrogens is 2. The van der Waals surface area contributed by atoms with Crippen LogP contribution in [-0.2, 0) is 5.41 Å². The maximum absolute atomic E-state index is 9.65. The van der Waals surface area contributed by atoms with Gasteiger partial charge in [-0.05, 0) is 82.9 Å². The Morgan fingerprint density at radius 3 is 1.76 bits per heavy atom. The zero-order chi connectivity index (χ0) is 33.0. The first-order valence-corrected chi connectivity index (χ1v) is 16.2. The third-order valence-corrected chi connectivity index (χ3v) is 9.73. The summed E-state index contributed by atoms with van der Waals surface area (Å²) in [6, 6.07) is 60.6. The predicted octanol–water partition coefficient (Wildman–Crippen LogP) is 10.1. The van der Waals surface area contributed by atoms with Crippen molar-refractivity contribution >= 4 is 39.0 Å². The minimum absolute atomic E-state index is 0.626. The van der Waals surface area contributed by atoms with Crippen LogP contribution in [0.15, 0.2) is 164 Å². The Balaban J connectivity index is 1.31. The van der Waals surface area contributed by atoms with Crippen LogP contribution in [0.2, 0.25) is 0 Å². The van der Waals surface area contributed by atoms with E-state index in [2.05, 4.69) is 131 Å². The van der Waals surface area contributed by atoms with E-state index in [4.69, 9.17) is 4.98 Å². The van der Waals surface area contributed by atoms with E-state index in [1.807, 2.05) is 54.6 Å². The summed E-state index contributed by atoms with van der Waals surface area (Å²) in [6.07, 6.45) is 0. The summed E-state index contributed by atoms with van der Waals surface area (Å²) >= 11 is 0. The van der Waals surface area contributed by atoms with Crippen LogP contribution >= 0.6 is 0 Å². The Morgan fingerprint density at radius 2 is 1.04 bits per heavy atom. The van der Waals surface area contributed by atoms with Gasteiger partial charge in [-0.1, -0.05) is 103 Å². The first kappa shape index (κ1) is 28.3. The number of pyridine rings is 1. The molecule has 0 radical (unpaired) electrons. The van der Waals surface area contributed by atoms with Crippen LogP contribution < -0.4 is 4.90 Å². The van der Waals surface area contributed by atoms with Crippen molar-refractivity contribution in [2.75, 3.05) is 4.90 Å². The summed E-state index contributed by atoms with van der Waals surface area (Å²) in [5.74, 6) is 1.58. The molecule has 5 heteroatoms. The van der Waals surface area contributed by atoms with Crippen LogP contribution in [0.25, 0.3) is 27.6 Å². The number of fused-ring (bicyclic) bond motifs is 5. The molecule has 1 aliphatic heterocycles. The standard InChI is InChI=1S/C44H27N5/c45-28-30-21-24-33(25-22-30)44(32-11-2-1-3-12-32)36-14-5-8-17-40(36)49(41-18-9-6-15-37(41)44)43-20-10-19-42(47-43)48-38-16-7-4-13-34(38)35-27-31(29-46)23-26-39(35)48/h1-27H. The Morgan fingerprint density at radius 1 is 0.469 bits per heavy atom. The van der Waals surface area contributed by atoms with Gasteiger partial charge in [-0.2, -0.15) is 10.5 Å². The summed E-state index contributed by atoms with van der Waals surface area (Å²) in [4.78, 5) is 7.65. The van der Waals surface area contributed by atoms with Gasteiger partial charge in [0.2, 0.25) is 0 Å². The molecule has 0 amide bonds. The summed E-state index contributed by atoms with van der Waals surface area (Å²) in [7, 11) is 0. The fourth-order valence-corrected chi connectivity index (χ4v) is 7.72. The summed E-state index contributed by atoms with van der Waals surface area (Å²) in [6.45, 7) is 0. The molecule has 0 fully saturated rings. The van der Waals surface area contributed by atoms with Gasteiger partial charge in [0.1, 0.15) is 11.6 Å². The fourth-order valence-electron chi connectivity index (χ4n) is 7.72. The Bertz CT molecular complexity index is 2590. The van der Waals surface area contributed by atoms with Crippen LogP contribution in [0.5, 0.6) is 0 Å². The number of benzene rings is 6. The molecule has 1 aliphatic rings. The number of rotatable bonds is 4. The minimum atomic E-state index is -0.651. The van der Waals surface area contributed by atoms with Crippen molar-refractivity contribution in [2.24, 2.45) is 0 Å². The topological polar surface area (TPSA) is 68.6 Å². The van der Waals surface area contributed by atoms with Crippen molar-refractivity contribution in [1.29, 1.82) is 10.5 Å². The number of para-hydroxylation sites is 3. The highest BCUT2D eigenvalue weighted by Crippen LogP contribution is 2.57. The van der Waals surface area contributed by atoms with Gasteiger partial charge >= 0.3 is 0 Å². The molecule has 6 aromatic carbocycles. The summed E-state index contributed by atoms with van der Waals surface area (Å²) in [5, 5.41) is 21.4. The van der Waals surface area contributed by atoms with Crippen molar-refractivity contribution in [1.82, 2.24) is 9.55 Å². The molecule has 0 N–H and O–H groups in total. The van der Waals surface area contributed by atoms with Gasteiger partial charge in [0.15, 0.2) is 0 Å². The lowest BCUT2D eigenvalue weighted by Crippen LogP contribution is -2.37. The normalized spacial score (nSPS) is 13.0. The van der Waals surface area contributed by atoms with Crippen LogP contribution in [-0.4, -0.2) is 9.55 Å². The van der Waals surface area contributed by atoms with Crippen molar-refractivity contribution in [2.45, 2.75) is 5.41 Å². The van der Waals surface area contributed by atoms with E-state index in [9.17, 15) is 10.5 Å². The molecular weight excluding hydrogens is 599 g/mol. The second-order valence-electron chi connectivity index (χ2n) is 12.2. The molecule has 3 heterocycles. The fraction of sp³-hybridized carbons (Fsp3) is 0.0227. The SMILES string of the molecule is N#Cc1ccc(C2(c3ccccc3)c3ccccc3N(c3cccc(-n4c5ccccc5c5cc(C#N)ccc54)n3)c3ccccc32)cc1. The molecule has 5 nitrogen and oxygen atoms in total. The maximum atomic E-state index is 9.65. The monoisotopic (exact) mass is 625 g/mol. The number of anilines is 3. The van der Waals surface area contributed by atoms with Gasteiger partial charge in [-0.3, -0.25) is 9.47 Å². The molecule has 9 rings (SSSR count). The molecule has 0 spiro atoms. The quantitative estimate of drug-likeness (QED) is 0.195. The first-order valence-electron chi connectivity index (χ1n) is 16.2. The van der Waals surface area contributed by atoms with Gasteiger partial charge in [0.05, 0.1) is 51.1 Å². The molecule has 0 saturated carbocycles. The van der Waals surface area contributed by atoms with Crippen molar-refractivity contribution in [3.8, 4) is 18.0 Å². The van der Waals surface area contributed by atoms with E-state index in [0.717, 1.165) is 67.1 Å². The van der Waals surface area contributed by atoms with Crippen LogP contribution in [0, 0.1) is 22.7 Å². The van der Waals surface area contributed by atoms with Gasteiger partial charge in [0, 0.05) is 10.8 Å². The predicted molar refractivity (Wildman–Crippen MR) is 195 cm³/mol. The Hall–Kier alpha value is -6.95. The third-order valence-electron chi connectivity index (χ3n) is 9.73. The number of nitriles is 2. The maximum Gasteiger partial charge on any atom is 0.140 e. The largest absolute Gasteiger partial charge is 0.294 e. The zero-order valence-electron chi connectivity index (χ0n) is 26.3. The lowest BCUT2D eigenvalue weighted by molar-refractivity contribution is 0.730. The number of hydrogen-bond donors (Lipinski definition) is 0. The van der Waals surface area contributed by atoms with E-state index in [0.29, 0.717) is 11.1 Å². The average Bonchev–Trinajstić information content (AvgIpc) is 3.51. The number of hydrogen-bond acceptors (Lipinski definition) is 4. The minimum Gasteiger partial charge on any atom is -0.294 e. The smallest absolute Gasteiger partial charge is 0.140 e. The lowest BCUT2D eigenvalue weighted by Gasteiger charge is -2.46. The van der Waals surface area contributed by atoms with E-state index in [-0.39, 0.29) is 0 Å².